The largest absolute Gasteiger partial charge is 0.475 e. The maximum atomic E-state index is 13.0. The first-order valence-electron chi connectivity index (χ1n) is 8.15. The number of nitrogens with two attached hydrogens (primary N) is 1. The first kappa shape index (κ1) is 17.1. The molecule has 0 aliphatic carbocycles. The summed E-state index contributed by atoms with van der Waals surface area (Å²) in [5, 5.41) is 2.80. The first-order valence-corrected chi connectivity index (χ1v) is 8.15. The molecule has 0 aromatic heterocycles. The number of benzene rings is 1. The van der Waals surface area contributed by atoms with Crippen molar-refractivity contribution in [2.24, 2.45) is 0 Å². The maximum absolute atomic E-state index is 13.0. The van der Waals surface area contributed by atoms with Gasteiger partial charge in [-0.2, -0.15) is 0 Å². The number of nitrogen functional groups attached to an aromatic ring is 1. The van der Waals surface area contributed by atoms with Gasteiger partial charge in [-0.1, -0.05) is 26.8 Å². The van der Waals surface area contributed by atoms with Gasteiger partial charge in [0.25, 0.3) is 5.91 Å². The van der Waals surface area contributed by atoms with Crippen molar-refractivity contribution in [1.82, 2.24) is 5.32 Å². The van der Waals surface area contributed by atoms with Crippen LogP contribution in [-0.2, 0) is 9.59 Å². The van der Waals surface area contributed by atoms with E-state index in [0.717, 1.165) is 6.42 Å². The van der Waals surface area contributed by atoms with E-state index in [1.165, 1.54) is 4.90 Å². The van der Waals surface area contributed by atoms with Gasteiger partial charge in [-0.25, -0.2) is 0 Å². The van der Waals surface area contributed by atoms with E-state index < -0.39 is 5.60 Å². The van der Waals surface area contributed by atoms with Crippen molar-refractivity contribution in [3.8, 4) is 5.75 Å². The predicted molar refractivity (Wildman–Crippen MR) is 90.4 cm³/mol. The SMILES string of the molecule is CCCNC(=O)CN1C(=O)C(CC)(CC)Oc2cccc(N)c21. The second-order valence-electron chi connectivity index (χ2n) is 5.74. The van der Waals surface area contributed by atoms with Crippen LogP contribution in [0.25, 0.3) is 0 Å². The zero-order chi connectivity index (χ0) is 17.0. The summed E-state index contributed by atoms with van der Waals surface area (Å²) in [6, 6.07) is 5.28. The Balaban J connectivity index is 2.41. The molecule has 126 valence electrons. The van der Waals surface area contributed by atoms with E-state index in [4.69, 9.17) is 10.5 Å². The highest BCUT2D eigenvalue weighted by molar-refractivity contribution is 6.08. The molecule has 0 unspecified atom stereocenters. The fourth-order valence-corrected chi connectivity index (χ4v) is 2.82. The van der Waals surface area contributed by atoms with Crippen LogP contribution in [0.5, 0.6) is 5.75 Å². The summed E-state index contributed by atoms with van der Waals surface area (Å²) in [7, 11) is 0. The molecule has 0 atom stereocenters. The Labute approximate surface area is 137 Å². The van der Waals surface area contributed by atoms with E-state index >= 15 is 0 Å². The molecule has 2 rings (SSSR count). The average molecular weight is 319 g/mol. The third-order valence-electron chi connectivity index (χ3n) is 4.26. The van der Waals surface area contributed by atoms with Crippen LogP contribution in [0.15, 0.2) is 18.2 Å². The Morgan fingerprint density at radius 2 is 2.00 bits per heavy atom. The molecule has 23 heavy (non-hydrogen) atoms. The molecule has 0 saturated heterocycles. The predicted octanol–water partition coefficient (Wildman–Crippen LogP) is 2.08. The first-order chi connectivity index (χ1) is 11.0. The fourth-order valence-electron chi connectivity index (χ4n) is 2.82. The van der Waals surface area contributed by atoms with Crippen LogP contribution in [0, 0.1) is 0 Å². The Hall–Kier alpha value is -2.24. The fraction of sp³-hybridized carbons (Fsp3) is 0.529. The molecular formula is C17H25N3O3. The number of fused-ring (bicyclic) bond motifs is 1. The van der Waals surface area contributed by atoms with Crippen molar-refractivity contribution >= 4 is 23.2 Å². The van der Waals surface area contributed by atoms with E-state index in [2.05, 4.69) is 5.32 Å². The molecule has 1 aromatic rings. The van der Waals surface area contributed by atoms with Gasteiger partial charge in [0.1, 0.15) is 18.0 Å². The van der Waals surface area contributed by atoms with Crippen LogP contribution in [-0.4, -0.2) is 30.5 Å². The molecule has 3 N–H and O–H groups in total. The number of carbonyl (C=O) groups is 2. The highest BCUT2D eigenvalue weighted by Crippen LogP contribution is 2.43. The molecule has 0 bridgehead atoms. The topological polar surface area (TPSA) is 84.7 Å². The van der Waals surface area contributed by atoms with Crippen LogP contribution in [0.3, 0.4) is 0 Å². The Bertz CT molecular complexity index is 597. The number of rotatable bonds is 6. The molecule has 0 spiro atoms. The van der Waals surface area contributed by atoms with Gasteiger partial charge < -0.3 is 15.8 Å². The zero-order valence-electron chi connectivity index (χ0n) is 14.0. The summed E-state index contributed by atoms with van der Waals surface area (Å²) in [6.07, 6.45) is 1.91. The smallest absolute Gasteiger partial charge is 0.271 e. The number of carbonyl (C=O) groups excluding carboxylic acids is 2. The van der Waals surface area contributed by atoms with Gasteiger partial charge >= 0.3 is 0 Å². The molecule has 1 aromatic carbocycles. The van der Waals surface area contributed by atoms with E-state index in [-0.39, 0.29) is 18.4 Å². The highest BCUT2D eigenvalue weighted by Gasteiger charge is 2.46. The van der Waals surface area contributed by atoms with Gasteiger partial charge in [0.2, 0.25) is 5.91 Å². The van der Waals surface area contributed by atoms with Crippen molar-refractivity contribution in [2.45, 2.75) is 45.6 Å². The molecule has 6 nitrogen and oxygen atoms in total. The lowest BCUT2D eigenvalue weighted by atomic mass is 9.92. The number of ether oxygens (including phenoxy) is 1. The third-order valence-corrected chi connectivity index (χ3v) is 4.26. The van der Waals surface area contributed by atoms with Crippen LogP contribution >= 0.6 is 0 Å². The number of nitrogens with one attached hydrogen (secondary N) is 1. The number of para-hydroxylation sites is 1. The summed E-state index contributed by atoms with van der Waals surface area (Å²) in [5.41, 5.74) is 6.02. The minimum absolute atomic E-state index is 0.0504. The summed E-state index contributed by atoms with van der Waals surface area (Å²) in [5.74, 6) is 0.147. The average Bonchev–Trinajstić information content (AvgIpc) is 2.55. The molecule has 1 aliphatic heterocycles. The summed E-state index contributed by atoms with van der Waals surface area (Å²) in [4.78, 5) is 26.6. The van der Waals surface area contributed by atoms with Gasteiger partial charge in [-0.05, 0) is 31.4 Å². The van der Waals surface area contributed by atoms with Gasteiger partial charge in [0.15, 0.2) is 5.60 Å². The number of nitrogens with zero attached hydrogens (tertiary/aromatic N) is 1. The Kier molecular flexibility index (Phi) is 5.13. The van der Waals surface area contributed by atoms with Gasteiger partial charge in [-0.3, -0.25) is 14.5 Å². The molecule has 0 radical (unpaired) electrons. The van der Waals surface area contributed by atoms with Crippen LogP contribution in [0.4, 0.5) is 11.4 Å². The van der Waals surface area contributed by atoms with E-state index in [0.29, 0.717) is 36.5 Å². The zero-order valence-corrected chi connectivity index (χ0v) is 14.0. The maximum Gasteiger partial charge on any atom is 0.271 e. The van der Waals surface area contributed by atoms with Crippen molar-refractivity contribution in [1.29, 1.82) is 0 Å². The van der Waals surface area contributed by atoms with E-state index in [1.807, 2.05) is 20.8 Å². The van der Waals surface area contributed by atoms with Crippen LogP contribution < -0.4 is 20.7 Å². The van der Waals surface area contributed by atoms with Crippen molar-refractivity contribution in [3.05, 3.63) is 18.2 Å². The number of amides is 2. The molecule has 6 heteroatoms. The molecule has 0 fully saturated rings. The molecular weight excluding hydrogens is 294 g/mol. The molecule has 2 amide bonds. The second kappa shape index (κ2) is 6.89. The molecule has 1 heterocycles. The normalized spacial score (nSPS) is 15.8. The minimum Gasteiger partial charge on any atom is -0.475 e. The quantitative estimate of drug-likeness (QED) is 0.786. The standard InChI is InChI=1S/C17H25N3O3/c1-4-10-19-14(21)11-20-15-12(18)8-7-9-13(15)23-17(5-2,6-3)16(20)22/h7-9H,4-6,10-11,18H2,1-3H3,(H,19,21). The Morgan fingerprint density at radius 1 is 1.30 bits per heavy atom. The number of anilines is 2. The van der Waals surface area contributed by atoms with Crippen molar-refractivity contribution in [3.63, 3.8) is 0 Å². The van der Waals surface area contributed by atoms with Crippen molar-refractivity contribution in [2.75, 3.05) is 23.7 Å². The van der Waals surface area contributed by atoms with E-state index in [9.17, 15) is 9.59 Å². The van der Waals surface area contributed by atoms with Crippen molar-refractivity contribution < 1.29 is 14.3 Å². The lowest BCUT2D eigenvalue weighted by Gasteiger charge is -2.42. The summed E-state index contributed by atoms with van der Waals surface area (Å²) in [6.45, 7) is 6.33. The summed E-state index contributed by atoms with van der Waals surface area (Å²) < 4.78 is 6.00. The van der Waals surface area contributed by atoms with Crippen LogP contribution in [0.2, 0.25) is 0 Å². The third kappa shape index (κ3) is 3.11. The number of hydrogen-bond acceptors (Lipinski definition) is 4. The lowest BCUT2D eigenvalue weighted by molar-refractivity contribution is -0.137. The monoisotopic (exact) mass is 319 g/mol. The van der Waals surface area contributed by atoms with Gasteiger partial charge in [0.05, 0.1) is 5.69 Å². The Morgan fingerprint density at radius 3 is 2.61 bits per heavy atom. The number of hydrogen-bond donors (Lipinski definition) is 2. The summed E-state index contributed by atoms with van der Waals surface area (Å²) >= 11 is 0. The van der Waals surface area contributed by atoms with Crippen LogP contribution in [0.1, 0.15) is 40.0 Å². The molecule has 0 saturated carbocycles. The second-order valence-corrected chi connectivity index (χ2v) is 5.74. The minimum atomic E-state index is -0.939. The van der Waals surface area contributed by atoms with Gasteiger partial charge in [-0.15, -0.1) is 0 Å². The highest BCUT2D eigenvalue weighted by atomic mass is 16.5. The lowest BCUT2D eigenvalue weighted by Crippen LogP contribution is -2.57. The van der Waals surface area contributed by atoms with E-state index in [1.54, 1.807) is 18.2 Å². The molecule has 1 aliphatic rings. The van der Waals surface area contributed by atoms with Gasteiger partial charge in [0, 0.05) is 6.54 Å².